The van der Waals surface area contributed by atoms with Gasteiger partial charge >= 0.3 is 0 Å². The first-order valence-corrected chi connectivity index (χ1v) is 9.69. The molecular formula is C22H26N4O3. The number of aryl methyl sites for hydroxylation is 2. The first-order valence-electron chi connectivity index (χ1n) is 9.69. The van der Waals surface area contributed by atoms with Gasteiger partial charge in [0.25, 0.3) is 5.91 Å². The average molecular weight is 394 g/mol. The Morgan fingerprint density at radius 3 is 2.90 bits per heavy atom. The van der Waals surface area contributed by atoms with Crippen LogP contribution in [0.2, 0.25) is 0 Å². The first kappa shape index (κ1) is 20.6. The smallest absolute Gasteiger partial charge is 0.262 e. The third-order valence-electron chi connectivity index (χ3n) is 4.92. The summed E-state index contributed by atoms with van der Waals surface area (Å²) in [6.07, 6.45) is 3.56. The lowest BCUT2D eigenvalue weighted by molar-refractivity contribution is -0.117. The van der Waals surface area contributed by atoms with Crippen molar-refractivity contribution in [1.82, 2.24) is 15.1 Å². The van der Waals surface area contributed by atoms with Crippen molar-refractivity contribution in [2.75, 3.05) is 20.3 Å². The number of ether oxygens (including phenoxy) is 2. The topological polar surface area (TPSA) is 89.2 Å². The highest BCUT2D eigenvalue weighted by Gasteiger charge is 2.18. The Labute approximate surface area is 170 Å². The van der Waals surface area contributed by atoms with E-state index in [1.54, 1.807) is 13.2 Å². The Bertz CT molecular complexity index is 949. The molecule has 1 aliphatic heterocycles. The lowest BCUT2D eigenvalue weighted by Crippen LogP contribution is -2.32. The Morgan fingerprint density at radius 2 is 2.28 bits per heavy atom. The second-order valence-corrected chi connectivity index (χ2v) is 7.17. The summed E-state index contributed by atoms with van der Waals surface area (Å²) in [6.45, 7) is 5.64. The molecule has 2 heterocycles. The van der Waals surface area contributed by atoms with Gasteiger partial charge in [0.2, 0.25) is 0 Å². The largest absolute Gasteiger partial charge is 0.496 e. The van der Waals surface area contributed by atoms with E-state index in [0.717, 1.165) is 47.7 Å². The minimum absolute atomic E-state index is 0.0345. The molecule has 1 fully saturated rings. The Balaban J connectivity index is 1.78. The lowest BCUT2D eigenvalue weighted by Gasteiger charge is -2.12. The number of nitrogens with one attached hydrogen (secondary N) is 1. The summed E-state index contributed by atoms with van der Waals surface area (Å²) < 4.78 is 12.9. The Kier molecular flexibility index (Phi) is 6.68. The molecule has 0 saturated carbocycles. The van der Waals surface area contributed by atoms with Crippen LogP contribution in [0.4, 0.5) is 0 Å². The molecule has 1 aromatic carbocycles. The summed E-state index contributed by atoms with van der Waals surface area (Å²) in [5.41, 5.74) is 3.74. The number of methoxy groups -OCH3 is 1. The van der Waals surface area contributed by atoms with Crippen LogP contribution in [0.15, 0.2) is 29.8 Å². The van der Waals surface area contributed by atoms with E-state index in [1.807, 2.05) is 48.9 Å². The SMILES string of the molecule is COc1ccc(/C=C(\C#N)C(=O)NC[C@@H]2CCCO2)cc1Cn1nc(C)cc1C. The van der Waals surface area contributed by atoms with Gasteiger partial charge in [0, 0.05) is 24.4 Å². The maximum Gasteiger partial charge on any atom is 0.262 e. The molecule has 3 rings (SSSR count). The summed E-state index contributed by atoms with van der Waals surface area (Å²) >= 11 is 0. The van der Waals surface area contributed by atoms with Crippen LogP contribution >= 0.6 is 0 Å². The van der Waals surface area contributed by atoms with Crippen molar-refractivity contribution in [1.29, 1.82) is 5.26 Å². The van der Waals surface area contributed by atoms with E-state index in [-0.39, 0.29) is 17.6 Å². The third kappa shape index (κ3) is 5.24. The highest BCUT2D eigenvalue weighted by atomic mass is 16.5. The molecule has 1 aromatic heterocycles. The van der Waals surface area contributed by atoms with Crippen LogP contribution in [0.3, 0.4) is 0 Å². The minimum atomic E-state index is -0.390. The van der Waals surface area contributed by atoms with E-state index in [0.29, 0.717) is 13.1 Å². The number of aromatic nitrogens is 2. The van der Waals surface area contributed by atoms with Crippen molar-refractivity contribution >= 4 is 12.0 Å². The normalized spacial score (nSPS) is 16.5. The molecule has 0 radical (unpaired) electrons. The van der Waals surface area contributed by atoms with Crippen molar-refractivity contribution < 1.29 is 14.3 Å². The van der Waals surface area contributed by atoms with E-state index < -0.39 is 0 Å². The maximum atomic E-state index is 12.4. The fourth-order valence-electron chi connectivity index (χ4n) is 3.43. The van der Waals surface area contributed by atoms with Gasteiger partial charge < -0.3 is 14.8 Å². The molecular weight excluding hydrogens is 368 g/mol. The van der Waals surface area contributed by atoms with Crippen LogP contribution in [0.25, 0.3) is 6.08 Å². The zero-order chi connectivity index (χ0) is 20.8. The van der Waals surface area contributed by atoms with Gasteiger partial charge in [-0.15, -0.1) is 0 Å². The summed E-state index contributed by atoms with van der Waals surface area (Å²) in [5.74, 6) is 0.343. The number of carbonyl (C=O) groups excluding carboxylic acids is 1. The van der Waals surface area contributed by atoms with E-state index in [4.69, 9.17) is 9.47 Å². The number of nitriles is 1. The molecule has 0 aliphatic carbocycles. The zero-order valence-electron chi connectivity index (χ0n) is 17.1. The highest BCUT2D eigenvalue weighted by molar-refractivity contribution is 6.01. The molecule has 1 aliphatic rings. The summed E-state index contributed by atoms with van der Waals surface area (Å²) in [5, 5.41) is 16.7. The van der Waals surface area contributed by atoms with Crippen LogP contribution in [0.1, 0.15) is 35.4 Å². The quantitative estimate of drug-likeness (QED) is 0.576. The minimum Gasteiger partial charge on any atom is -0.496 e. The highest BCUT2D eigenvalue weighted by Crippen LogP contribution is 2.23. The number of benzene rings is 1. The second-order valence-electron chi connectivity index (χ2n) is 7.17. The molecule has 29 heavy (non-hydrogen) atoms. The van der Waals surface area contributed by atoms with Gasteiger partial charge in [-0.1, -0.05) is 6.07 Å². The van der Waals surface area contributed by atoms with E-state index in [2.05, 4.69) is 10.4 Å². The van der Waals surface area contributed by atoms with Gasteiger partial charge in [-0.25, -0.2) is 0 Å². The predicted octanol–water partition coefficient (Wildman–Crippen LogP) is 2.76. The van der Waals surface area contributed by atoms with Crippen molar-refractivity contribution in [3.05, 3.63) is 52.4 Å². The third-order valence-corrected chi connectivity index (χ3v) is 4.92. The molecule has 1 amide bonds. The predicted molar refractivity (Wildman–Crippen MR) is 109 cm³/mol. The van der Waals surface area contributed by atoms with Crippen LogP contribution in [-0.4, -0.2) is 42.1 Å². The van der Waals surface area contributed by atoms with E-state index in [9.17, 15) is 10.1 Å². The van der Waals surface area contributed by atoms with Crippen molar-refractivity contribution in [3.63, 3.8) is 0 Å². The fraction of sp³-hybridized carbons (Fsp3) is 0.409. The number of hydrogen-bond donors (Lipinski definition) is 1. The molecule has 152 valence electrons. The molecule has 1 N–H and O–H groups in total. The zero-order valence-corrected chi connectivity index (χ0v) is 17.1. The molecule has 7 nitrogen and oxygen atoms in total. The second kappa shape index (κ2) is 9.39. The van der Waals surface area contributed by atoms with Gasteiger partial charge in [0.15, 0.2) is 0 Å². The van der Waals surface area contributed by atoms with E-state index in [1.165, 1.54) is 0 Å². The van der Waals surface area contributed by atoms with Crippen molar-refractivity contribution in [2.45, 2.75) is 39.3 Å². The molecule has 1 atom stereocenters. The summed E-state index contributed by atoms with van der Waals surface area (Å²) in [4.78, 5) is 12.4. The maximum absolute atomic E-state index is 12.4. The van der Waals surface area contributed by atoms with Crippen LogP contribution in [-0.2, 0) is 16.1 Å². The number of hydrogen-bond acceptors (Lipinski definition) is 5. The number of nitrogens with zero attached hydrogens (tertiary/aromatic N) is 3. The Hall–Kier alpha value is -3.11. The van der Waals surface area contributed by atoms with Crippen LogP contribution < -0.4 is 10.1 Å². The molecule has 0 unspecified atom stereocenters. The van der Waals surface area contributed by atoms with Gasteiger partial charge in [0.1, 0.15) is 17.4 Å². The van der Waals surface area contributed by atoms with Crippen LogP contribution in [0, 0.1) is 25.2 Å². The molecule has 0 spiro atoms. The standard InChI is InChI=1S/C22H26N4O3/c1-15-9-16(2)26(25-15)14-19-11-17(6-7-21(19)28-3)10-18(12-23)22(27)24-13-20-5-4-8-29-20/h6-7,9-11,20H,4-5,8,13-14H2,1-3H3,(H,24,27)/b18-10+/t20-/m0/s1. The fourth-order valence-corrected chi connectivity index (χ4v) is 3.43. The molecule has 7 heteroatoms. The van der Waals surface area contributed by atoms with Crippen molar-refractivity contribution in [2.24, 2.45) is 0 Å². The summed E-state index contributed by atoms with van der Waals surface area (Å²) in [6, 6.07) is 9.60. The lowest BCUT2D eigenvalue weighted by atomic mass is 10.1. The molecule has 0 bridgehead atoms. The number of rotatable bonds is 7. The van der Waals surface area contributed by atoms with Gasteiger partial charge in [-0.2, -0.15) is 10.4 Å². The summed E-state index contributed by atoms with van der Waals surface area (Å²) in [7, 11) is 1.62. The average Bonchev–Trinajstić information content (AvgIpc) is 3.34. The number of carbonyl (C=O) groups is 1. The number of amides is 1. The van der Waals surface area contributed by atoms with Crippen LogP contribution in [0.5, 0.6) is 5.75 Å². The van der Waals surface area contributed by atoms with Crippen molar-refractivity contribution in [3.8, 4) is 11.8 Å². The monoisotopic (exact) mass is 394 g/mol. The first-order chi connectivity index (χ1) is 14.0. The van der Waals surface area contributed by atoms with Gasteiger partial charge in [-0.3, -0.25) is 9.48 Å². The van der Waals surface area contributed by atoms with Gasteiger partial charge in [0.05, 0.1) is 25.5 Å². The van der Waals surface area contributed by atoms with Gasteiger partial charge in [-0.05, 0) is 56.5 Å². The molecule has 2 aromatic rings. The molecule has 1 saturated heterocycles. The van der Waals surface area contributed by atoms with E-state index >= 15 is 0 Å². The Morgan fingerprint density at radius 1 is 1.45 bits per heavy atom.